The third-order valence-electron chi connectivity index (χ3n) is 3.79. The number of nitrogens with zero attached hydrogens (tertiary/aromatic N) is 4. The van der Waals surface area contributed by atoms with Crippen molar-refractivity contribution in [2.75, 3.05) is 7.05 Å². The standard InChI is InChI=1S/C15H16N6O2/c1-17-11(16)8-4-6-9(7-5-8)12-18-10-13(19-12)20(2)15(23)21(3)14(10)22/h4-7H,1-3H3,(H2,16,17)(H,18,19). The van der Waals surface area contributed by atoms with Crippen LogP contribution in [0, 0.1) is 0 Å². The smallest absolute Gasteiger partial charge is 0.332 e. The van der Waals surface area contributed by atoms with Gasteiger partial charge in [0.15, 0.2) is 5.65 Å². The Morgan fingerprint density at radius 1 is 1.17 bits per heavy atom. The van der Waals surface area contributed by atoms with Gasteiger partial charge in [-0.1, -0.05) is 24.3 Å². The van der Waals surface area contributed by atoms with Crippen LogP contribution in [0.5, 0.6) is 0 Å². The largest absolute Gasteiger partial charge is 0.384 e. The summed E-state index contributed by atoms with van der Waals surface area (Å²) in [5, 5.41) is 0. The molecule has 3 N–H and O–H groups in total. The molecule has 2 heterocycles. The first-order chi connectivity index (χ1) is 10.9. The maximum absolute atomic E-state index is 12.2. The molecule has 118 valence electrons. The molecule has 8 heteroatoms. The molecule has 3 aromatic rings. The molecule has 0 aliphatic heterocycles. The second-order valence-electron chi connectivity index (χ2n) is 5.18. The van der Waals surface area contributed by atoms with E-state index in [2.05, 4.69) is 15.0 Å². The van der Waals surface area contributed by atoms with Crippen LogP contribution < -0.4 is 17.0 Å². The van der Waals surface area contributed by atoms with Gasteiger partial charge in [0, 0.05) is 32.3 Å². The van der Waals surface area contributed by atoms with Crippen LogP contribution in [0.4, 0.5) is 0 Å². The summed E-state index contributed by atoms with van der Waals surface area (Å²) in [5.74, 6) is 0.953. The topological polar surface area (TPSA) is 111 Å². The van der Waals surface area contributed by atoms with Gasteiger partial charge < -0.3 is 10.7 Å². The predicted molar refractivity (Wildman–Crippen MR) is 88.7 cm³/mol. The van der Waals surface area contributed by atoms with Crippen molar-refractivity contribution >= 4 is 17.0 Å². The van der Waals surface area contributed by atoms with Gasteiger partial charge in [-0.15, -0.1) is 0 Å². The number of aryl methyl sites for hydroxylation is 1. The zero-order valence-electron chi connectivity index (χ0n) is 13.0. The van der Waals surface area contributed by atoms with Gasteiger partial charge in [-0.05, 0) is 0 Å². The lowest BCUT2D eigenvalue weighted by molar-refractivity contribution is 0.709. The number of aromatic amines is 1. The van der Waals surface area contributed by atoms with Crippen LogP contribution in [0.1, 0.15) is 5.56 Å². The summed E-state index contributed by atoms with van der Waals surface area (Å²) in [6, 6.07) is 7.30. The van der Waals surface area contributed by atoms with E-state index in [0.29, 0.717) is 22.8 Å². The summed E-state index contributed by atoms with van der Waals surface area (Å²) in [6.45, 7) is 0. The SMILES string of the molecule is CN=C(N)c1ccc(-c2nc3c([nH]2)c(=O)n(C)c(=O)n3C)cc1. The first-order valence-electron chi connectivity index (χ1n) is 6.93. The number of nitrogens with two attached hydrogens (primary N) is 1. The fourth-order valence-corrected chi connectivity index (χ4v) is 2.39. The van der Waals surface area contributed by atoms with Gasteiger partial charge in [-0.25, -0.2) is 9.78 Å². The molecule has 2 aromatic heterocycles. The normalized spacial score (nSPS) is 12.0. The van der Waals surface area contributed by atoms with Crippen LogP contribution in [0.3, 0.4) is 0 Å². The van der Waals surface area contributed by atoms with Gasteiger partial charge in [0.1, 0.15) is 17.2 Å². The second-order valence-corrected chi connectivity index (χ2v) is 5.18. The van der Waals surface area contributed by atoms with Crippen LogP contribution in [0.15, 0.2) is 38.8 Å². The number of amidine groups is 1. The van der Waals surface area contributed by atoms with E-state index in [1.165, 1.54) is 11.6 Å². The number of rotatable bonds is 2. The molecule has 3 rings (SSSR count). The number of benzene rings is 1. The van der Waals surface area contributed by atoms with Crippen molar-refractivity contribution in [2.45, 2.75) is 0 Å². The van der Waals surface area contributed by atoms with Gasteiger partial charge in [0.25, 0.3) is 5.56 Å². The Morgan fingerprint density at radius 2 is 1.83 bits per heavy atom. The van der Waals surface area contributed by atoms with Crippen molar-refractivity contribution in [1.29, 1.82) is 0 Å². The van der Waals surface area contributed by atoms with Crippen LogP contribution in [-0.4, -0.2) is 32.0 Å². The van der Waals surface area contributed by atoms with E-state index in [0.717, 1.165) is 15.7 Å². The van der Waals surface area contributed by atoms with Gasteiger partial charge in [0.2, 0.25) is 0 Å². The Balaban J connectivity index is 2.18. The molecule has 0 unspecified atom stereocenters. The summed E-state index contributed by atoms with van der Waals surface area (Å²) in [6.07, 6.45) is 0. The summed E-state index contributed by atoms with van der Waals surface area (Å²) in [7, 11) is 4.64. The molecule has 0 amide bonds. The fourth-order valence-electron chi connectivity index (χ4n) is 2.39. The lowest BCUT2D eigenvalue weighted by Crippen LogP contribution is -2.36. The first kappa shape index (κ1) is 14.8. The van der Waals surface area contributed by atoms with Gasteiger partial charge in [-0.3, -0.25) is 18.9 Å². The molecular weight excluding hydrogens is 296 g/mol. The van der Waals surface area contributed by atoms with E-state index < -0.39 is 11.2 Å². The van der Waals surface area contributed by atoms with Crippen molar-refractivity contribution < 1.29 is 0 Å². The lowest BCUT2D eigenvalue weighted by Gasteiger charge is -2.01. The molecule has 0 bridgehead atoms. The minimum atomic E-state index is -0.414. The fraction of sp³-hybridized carbons (Fsp3) is 0.200. The molecule has 0 saturated heterocycles. The third kappa shape index (κ3) is 2.24. The summed E-state index contributed by atoms with van der Waals surface area (Å²) < 4.78 is 2.39. The molecule has 0 radical (unpaired) electrons. The highest BCUT2D eigenvalue weighted by Gasteiger charge is 2.14. The van der Waals surface area contributed by atoms with Crippen molar-refractivity contribution in [2.24, 2.45) is 24.8 Å². The van der Waals surface area contributed by atoms with Crippen LogP contribution in [0.25, 0.3) is 22.6 Å². The number of H-pyrrole nitrogens is 1. The van der Waals surface area contributed by atoms with Gasteiger partial charge in [-0.2, -0.15) is 0 Å². The lowest BCUT2D eigenvalue weighted by atomic mass is 10.1. The summed E-state index contributed by atoms with van der Waals surface area (Å²) >= 11 is 0. The Kier molecular flexibility index (Phi) is 3.36. The molecule has 0 spiro atoms. The van der Waals surface area contributed by atoms with Crippen molar-refractivity contribution in [3.05, 3.63) is 50.7 Å². The number of nitrogens with one attached hydrogen (secondary N) is 1. The van der Waals surface area contributed by atoms with Crippen molar-refractivity contribution in [3.8, 4) is 11.4 Å². The average Bonchev–Trinajstić information content (AvgIpc) is 3.03. The molecular formula is C15H16N6O2. The maximum Gasteiger partial charge on any atom is 0.332 e. The number of aromatic nitrogens is 4. The molecule has 0 aliphatic rings. The molecule has 8 nitrogen and oxygen atoms in total. The zero-order valence-corrected chi connectivity index (χ0v) is 13.0. The molecule has 0 fully saturated rings. The van der Waals surface area contributed by atoms with Crippen molar-refractivity contribution in [1.82, 2.24) is 19.1 Å². The first-order valence-corrected chi connectivity index (χ1v) is 6.93. The van der Waals surface area contributed by atoms with E-state index in [-0.39, 0.29) is 0 Å². The monoisotopic (exact) mass is 312 g/mol. The van der Waals surface area contributed by atoms with E-state index >= 15 is 0 Å². The quantitative estimate of drug-likeness (QED) is 0.511. The van der Waals surface area contributed by atoms with E-state index in [1.54, 1.807) is 14.1 Å². The van der Waals surface area contributed by atoms with E-state index in [4.69, 9.17) is 5.73 Å². The van der Waals surface area contributed by atoms with Gasteiger partial charge >= 0.3 is 5.69 Å². The number of imidazole rings is 1. The van der Waals surface area contributed by atoms with Gasteiger partial charge in [0.05, 0.1) is 0 Å². The molecule has 0 atom stereocenters. The highest BCUT2D eigenvalue weighted by molar-refractivity contribution is 5.97. The zero-order chi connectivity index (χ0) is 16.7. The van der Waals surface area contributed by atoms with Crippen LogP contribution >= 0.6 is 0 Å². The Labute approximate surface area is 130 Å². The Hall–Kier alpha value is -3.16. The Morgan fingerprint density at radius 3 is 2.43 bits per heavy atom. The highest BCUT2D eigenvalue weighted by atomic mass is 16.2. The number of hydrogen-bond acceptors (Lipinski definition) is 4. The molecule has 23 heavy (non-hydrogen) atoms. The number of fused-ring (bicyclic) bond motifs is 1. The highest BCUT2D eigenvalue weighted by Crippen LogP contribution is 2.18. The minimum absolute atomic E-state index is 0.295. The maximum atomic E-state index is 12.2. The van der Waals surface area contributed by atoms with Crippen molar-refractivity contribution in [3.63, 3.8) is 0 Å². The van der Waals surface area contributed by atoms with Crippen LogP contribution in [0.2, 0.25) is 0 Å². The number of hydrogen-bond donors (Lipinski definition) is 2. The minimum Gasteiger partial charge on any atom is -0.384 e. The molecule has 0 saturated carbocycles. The molecule has 0 aliphatic carbocycles. The number of aliphatic imine (C=N–C) groups is 1. The molecule has 1 aromatic carbocycles. The summed E-state index contributed by atoms with van der Waals surface area (Å²) in [4.78, 5) is 35.4. The second kappa shape index (κ2) is 5.24. The average molecular weight is 312 g/mol. The third-order valence-corrected chi connectivity index (χ3v) is 3.79. The van der Waals surface area contributed by atoms with E-state index in [9.17, 15) is 9.59 Å². The van der Waals surface area contributed by atoms with E-state index in [1.807, 2.05) is 24.3 Å². The summed E-state index contributed by atoms with van der Waals surface area (Å²) in [5.41, 5.74) is 7.15. The predicted octanol–water partition coefficient (Wildman–Crippen LogP) is -0.0376. The van der Waals surface area contributed by atoms with Crippen LogP contribution in [-0.2, 0) is 14.1 Å². The Bertz CT molecular complexity index is 1040.